The summed E-state index contributed by atoms with van der Waals surface area (Å²) < 4.78 is 5.08. The van der Waals surface area contributed by atoms with Crippen molar-refractivity contribution in [2.45, 2.75) is 12.7 Å². The number of carbonyl (C=O) groups excluding carboxylic acids is 1. The van der Waals surface area contributed by atoms with E-state index in [0.717, 1.165) is 0 Å². The number of carboxylic acids is 1. The van der Waals surface area contributed by atoms with E-state index in [0.29, 0.717) is 18.3 Å². The van der Waals surface area contributed by atoms with Crippen LogP contribution in [0.3, 0.4) is 0 Å². The van der Waals surface area contributed by atoms with Crippen LogP contribution >= 0.6 is 0 Å². The van der Waals surface area contributed by atoms with Crippen LogP contribution in [0, 0.1) is 0 Å². The Morgan fingerprint density at radius 2 is 2.12 bits per heavy atom. The van der Waals surface area contributed by atoms with E-state index in [9.17, 15) is 14.6 Å². The number of hydrogen-bond donors (Lipinski definition) is 3. The first-order chi connectivity index (χ1) is 8.00. The van der Waals surface area contributed by atoms with Crippen LogP contribution in [0.5, 0.6) is 5.75 Å². The monoisotopic (exact) mass is 235 g/mol. The van der Waals surface area contributed by atoms with Gasteiger partial charge in [0.05, 0.1) is 5.56 Å². The third-order valence-electron chi connectivity index (χ3n) is 2.63. The fraction of sp³-hybridized carbons (Fsp3) is 0.200. The van der Waals surface area contributed by atoms with Gasteiger partial charge in [-0.3, -0.25) is 4.79 Å². The molecule has 17 heavy (non-hydrogen) atoms. The number of fused-ring (bicyclic) bond motifs is 1. The summed E-state index contributed by atoms with van der Waals surface area (Å²) in [5, 5.41) is 18.4. The molecule has 0 bridgehead atoms. The molecule has 0 aliphatic carbocycles. The number of aryl methyl sites for hydroxylation is 1. The molecule has 2 rings (SSSR count). The number of hydrogen-bond acceptors (Lipinski definition) is 4. The van der Waals surface area contributed by atoms with Gasteiger partial charge in [-0.05, 0) is 24.4 Å². The van der Waals surface area contributed by atoms with Crippen molar-refractivity contribution in [2.75, 3.05) is 0 Å². The van der Waals surface area contributed by atoms with E-state index in [-0.39, 0.29) is 16.9 Å². The van der Waals surface area contributed by atoms with Crippen LogP contribution in [0.25, 0.3) is 0 Å². The predicted octanol–water partition coefficient (Wildman–Crippen LogP) is -0.101. The lowest BCUT2D eigenvalue weighted by Crippen LogP contribution is -2.29. The van der Waals surface area contributed by atoms with E-state index in [1.54, 1.807) is 6.07 Å². The molecule has 0 radical (unpaired) electrons. The van der Waals surface area contributed by atoms with Gasteiger partial charge in [-0.2, -0.15) is 0 Å². The second kappa shape index (κ2) is 4.10. The number of nitrogens with two attached hydrogens (primary N) is 1. The van der Waals surface area contributed by atoms with Crippen molar-refractivity contribution in [1.82, 2.24) is 0 Å². The fourth-order valence-corrected chi connectivity index (χ4v) is 1.85. The molecule has 0 spiro atoms. The Bertz CT molecular complexity index is 502. The van der Waals surface area contributed by atoms with Gasteiger partial charge < -0.3 is 20.5 Å². The van der Waals surface area contributed by atoms with Crippen LogP contribution < -0.4 is 10.4 Å². The van der Waals surface area contributed by atoms with Gasteiger partial charge in [-0.15, -0.1) is 0 Å². The first-order valence-corrected chi connectivity index (χ1v) is 5.04. The Labute approximate surface area is 97.1 Å². The number of primary amides is 1. The van der Waals surface area contributed by atoms with Gasteiger partial charge >= 0.3 is 13.1 Å². The predicted molar refractivity (Wildman–Crippen MR) is 59.0 cm³/mol. The van der Waals surface area contributed by atoms with Crippen LogP contribution in [0.1, 0.15) is 26.3 Å². The number of amides is 1. The zero-order valence-electron chi connectivity index (χ0n) is 8.84. The highest BCUT2D eigenvalue weighted by molar-refractivity contribution is 6.44. The summed E-state index contributed by atoms with van der Waals surface area (Å²) in [5.41, 5.74) is 5.35. The average Bonchev–Trinajstić information content (AvgIpc) is 2.26. The van der Waals surface area contributed by atoms with Gasteiger partial charge in [-0.25, -0.2) is 4.79 Å². The summed E-state index contributed by atoms with van der Waals surface area (Å²) in [6.45, 7) is 0. The van der Waals surface area contributed by atoms with Gasteiger partial charge in [0.2, 0.25) is 5.91 Å². The Hall–Kier alpha value is -2.02. The quantitative estimate of drug-likeness (QED) is 0.620. The van der Waals surface area contributed by atoms with Crippen molar-refractivity contribution in [2.24, 2.45) is 5.73 Å². The van der Waals surface area contributed by atoms with Gasteiger partial charge in [0.1, 0.15) is 11.3 Å². The minimum Gasteiger partial charge on any atom is -0.535 e. The van der Waals surface area contributed by atoms with Crippen molar-refractivity contribution in [3.05, 3.63) is 28.8 Å². The molecule has 1 aliphatic heterocycles. The Kier molecular flexibility index (Phi) is 2.77. The standard InChI is InChI=1S/C10H10BNO5/c12-9(13)6-2-1-5-3-4-11(16)17-8(5)7(6)10(14)15/h1-2,16H,3-4H2,(H2,12,13)(H,14,15). The van der Waals surface area contributed by atoms with Gasteiger partial charge in [0.25, 0.3) is 0 Å². The number of aromatic carboxylic acids is 1. The molecule has 0 unspecified atom stereocenters. The largest absolute Gasteiger partial charge is 0.535 e. The highest BCUT2D eigenvalue weighted by Crippen LogP contribution is 2.32. The smallest absolute Gasteiger partial charge is 0.522 e. The Morgan fingerprint density at radius 3 is 2.71 bits per heavy atom. The maximum atomic E-state index is 11.1. The minimum atomic E-state index is -1.30. The van der Waals surface area contributed by atoms with Gasteiger partial charge in [0, 0.05) is 0 Å². The molecule has 1 aliphatic rings. The first-order valence-electron chi connectivity index (χ1n) is 5.04. The zero-order chi connectivity index (χ0) is 12.6. The molecule has 1 heterocycles. The van der Waals surface area contributed by atoms with Crippen LogP contribution in [0.2, 0.25) is 6.32 Å². The van der Waals surface area contributed by atoms with E-state index in [4.69, 9.17) is 15.5 Å². The SMILES string of the molecule is NC(=O)c1ccc2c(c1C(=O)O)OB(O)CC2. The number of benzene rings is 1. The van der Waals surface area contributed by atoms with Crippen molar-refractivity contribution in [3.8, 4) is 5.75 Å². The number of carboxylic acid groups (broad SMARTS) is 1. The molecule has 0 fully saturated rings. The van der Waals surface area contributed by atoms with Crippen molar-refractivity contribution in [1.29, 1.82) is 0 Å². The molecule has 6 nitrogen and oxygen atoms in total. The van der Waals surface area contributed by atoms with Crippen LogP contribution in [-0.2, 0) is 6.42 Å². The topological polar surface area (TPSA) is 110 Å². The van der Waals surface area contributed by atoms with Crippen LogP contribution in [0.4, 0.5) is 0 Å². The third-order valence-corrected chi connectivity index (χ3v) is 2.63. The second-order valence-corrected chi connectivity index (χ2v) is 3.76. The molecular weight excluding hydrogens is 225 g/mol. The lowest BCUT2D eigenvalue weighted by Gasteiger charge is -2.22. The molecule has 1 amide bonds. The van der Waals surface area contributed by atoms with Crippen molar-refractivity contribution >= 4 is 19.0 Å². The molecule has 1 aromatic rings. The summed E-state index contributed by atoms with van der Waals surface area (Å²) in [7, 11) is -1.05. The number of rotatable bonds is 2. The maximum absolute atomic E-state index is 11.1. The number of carbonyl (C=O) groups is 2. The molecule has 0 saturated carbocycles. The molecule has 0 aromatic heterocycles. The molecule has 0 atom stereocenters. The third kappa shape index (κ3) is 1.96. The molecule has 7 heteroatoms. The van der Waals surface area contributed by atoms with Gasteiger partial charge in [-0.1, -0.05) is 6.07 Å². The summed E-state index contributed by atoms with van der Waals surface area (Å²) in [5.74, 6) is -2.11. The summed E-state index contributed by atoms with van der Waals surface area (Å²) >= 11 is 0. The summed E-state index contributed by atoms with van der Waals surface area (Å²) in [4.78, 5) is 22.3. The van der Waals surface area contributed by atoms with E-state index in [1.165, 1.54) is 6.07 Å². The van der Waals surface area contributed by atoms with Crippen molar-refractivity contribution in [3.63, 3.8) is 0 Å². The van der Waals surface area contributed by atoms with Crippen LogP contribution in [-0.4, -0.2) is 29.1 Å². The second-order valence-electron chi connectivity index (χ2n) is 3.76. The highest BCUT2D eigenvalue weighted by Gasteiger charge is 2.30. The van der Waals surface area contributed by atoms with Gasteiger partial charge in [0.15, 0.2) is 0 Å². The zero-order valence-corrected chi connectivity index (χ0v) is 8.84. The normalized spacial score (nSPS) is 13.8. The molecule has 1 aromatic carbocycles. The minimum absolute atomic E-state index is 0.0348. The maximum Gasteiger partial charge on any atom is 0.522 e. The lowest BCUT2D eigenvalue weighted by atomic mass is 9.78. The van der Waals surface area contributed by atoms with E-state index < -0.39 is 19.0 Å². The first kappa shape index (κ1) is 11.5. The Morgan fingerprint density at radius 1 is 1.41 bits per heavy atom. The van der Waals surface area contributed by atoms with Crippen LogP contribution in [0.15, 0.2) is 12.1 Å². The molecule has 88 valence electrons. The lowest BCUT2D eigenvalue weighted by molar-refractivity contribution is 0.0689. The summed E-state index contributed by atoms with van der Waals surface area (Å²) in [6, 6.07) is 2.96. The Balaban J connectivity index is 2.64. The highest BCUT2D eigenvalue weighted by atomic mass is 16.5. The summed E-state index contributed by atoms with van der Waals surface area (Å²) in [6.07, 6.45) is 0.887. The van der Waals surface area contributed by atoms with Crippen molar-refractivity contribution < 1.29 is 24.4 Å². The molecular formula is C10H10BNO5. The van der Waals surface area contributed by atoms with E-state index >= 15 is 0 Å². The van der Waals surface area contributed by atoms with E-state index in [1.807, 2.05) is 0 Å². The average molecular weight is 235 g/mol. The molecule has 0 saturated heterocycles. The van der Waals surface area contributed by atoms with E-state index in [2.05, 4.69) is 0 Å². The fourth-order valence-electron chi connectivity index (χ4n) is 1.85. The molecule has 4 N–H and O–H groups in total.